The normalized spacial score (nSPS) is 12.8. The first-order valence-corrected chi connectivity index (χ1v) is 8.68. The van der Waals surface area contributed by atoms with Gasteiger partial charge >= 0.3 is 5.97 Å². The summed E-state index contributed by atoms with van der Waals surface area (Å²) in [6.45, 7) is 1.72. The van der Waals surface area contributed by atoms with Crippen LogP contribution in [0.1, 0.15) is 28.2 Å². The Hall–Kier alpha value is -1.90. The summed E-state index contributed by atoms with van der Waals surface area (Å²) in [7, 11) is -2.59. The van der Waals surface area contributed by atoms with Crippen LogP contribution in [0.25, 0.3) is 0 Å². The monoisotopic (exact) mass is 341 g/mol. The lowest BCUT2D eigenvalue weighted by Crippen LogP contribution is -2.27. The van der Waals surface area contributed by atoms with Gasteiger partial charge in [-0.2, -0.15) is 0 Å². The van der Waals surface area contributed by atoms with Crippen molar-refractivity contribution in [1.82, 2.24) is 4.72 Å². The fourth-order valence-corrected chi connectivity index (χ4v) is 4.14. The van der Waals surface area contributed by atoms with Gasteiger partial charge in [-0.25, -0.2) is 17.9 Å². The van der Waals surface area contributed by atoms with Crippen molar-refractivity contribution in [3.8, 4) is 5.75 Å². The number of methoxy groups -OCH3 is 1. The van der Waals surface area contributed by atoms with Crippen LogP contribution in [0.5, 0.6) is 5.75 Å². The van der Waals surface area contributed by atoms with Crippen LogP contribution in [0.15, 0.2) is 40.6 Å². The number of aromatic carboxylic acids is 1. The molecular formula is C14H15NO5S2. The molecule has 1 atom stereocenters. The van der Waals surface area contributed by atoms with Crippen LogP contribution in [0.4, 0.5) is 0 Å². The van der Waals surface area contributed by atoms with E-state index in [9.17, 15) is 13.2 Å². The second-order valence-electron chi connectivity index (χ2n) is 4.53. The second kappa shape index (κ2) is 6.47. The van der Waals surface area contributed by atoms with Crippen LogP contribution in [-0.2, 0) is 10.0 Å². The van der Waals surface area contributed by atoms with E-state index in [1.165, 1.54) is 30.6 Å². The van der Waals surface area contributed by atoms with Crippen LogP contribution in [0, 0.1) is 0 Å². The zero-order valence-electron chi connectivity index (χ0n) is 11.9. The summed E-state index contributed by atoms with van der Waals surface area (Å²) in [5.74, 6) is -1.11. The summed E-state index contributed by atoms with van der Waals surface area (Å²) >= 11 is 1.43. The van der Waals surface area contributed by atoms with Crippen LogP contribution < -0.4 is 9.46 Å². The van der Waals surface area contributed by atoms with Crippen molar-refractivity contribution in [2.45, 2.75) is 17.9 Å². The van der Waals surface area contributed by atoms with Crippen molar-refractivity contribution in [3.63, 3.8) is 0 Å². The summed E-state index contributed by atoms with van der Waals surface area (Å²) in [5, 5.41) is 10.9. The Balaban J connectivity index is 2.39. The van der Waals surface area contributed by atoms with Gasteiger partial charge in [-0.3, -0.25) is 0 Å². The van der Waals surface area contributed by atoms with Crippen molar-refractivity contribution >= 4 is 27.3 Å². The summed E-state index contributed by atoms with van der Waals surface area (Å²) in [5.41, 5.74) is -0.120. The maximum absolute atomic E-state index is 12.5. The minimum absolute atomic E-state index is 0.0934. The van der Waals surface area contributed by atoms with Crippen molar-refractivity contribution < 1.29 is 23.1 Å². The molecule has 22 heavy (non-hydrogen) atoms. The average molecular weight is 341 g/mol. The molecule has 0 aliphatic rings. The molecule has 0 radical (unpaired) electrons. The quantitative estimate of drug-likeness (QED) is 0.842. The summed E-state index contributed by atoms with van der Waals surface area (Å²) in [4.78, 5) is 11.7. The van der Waals surface area contributed by atoms with E-state index in [4.69, 9.17) is 9.84 Å². The van der Waals surface area contributed by atoms with Crippen molar-refractivity contribution in [3.05, 3.63) is 46.2 Å². The number of benzene rings is 1. The largest absolute Gasteiger partial charge is 0.495 e. The summed E-state index contributed by atoms with van der Waals surface area (Å²) in [6.07, 6.45) is 0. The maximum atomic E-state index is 12.5. The molecule has 0 saturated heterocycles. The van der Waals surface area contributed by atoms with E-state index >= 15 is 0 Å². The highest BCUT2D eigenvalue weighted by Crippen LogP contribution is 2.27. The van der Waals surface area contributed by atoms with E-state index in [1.54, 1.807) is 6.92 Å². The Morgan fingerprint density at radius 2 is 2.09 bits per heavy atom. The molecule has 0 aliphatic carbocycles. The molecule has 2 N–H and O–H groups in total. The molecule has 1 heterocycles. The maximum Gasteiger partial charge on any atom is 0.335 e. The van der Waals surface area contributed by atoms with Crippen molar-refractivity contribution in [2.24, 2.45) is 0 Å². The number of hydrogen-bond donors (Lipinski definition) is 2. The van der Waals surface area contributed by atoms with Gasteiger partial charge in [-0.15, -0.1) is 11.3 Å². The van der Waals surface area contributed by atoms with Gasteiger partial charge in [0.2, 0.25) is 10.0 Å². The Morgan fingerprint density at radius 1 is 1.36 bits per heavy atom. The highest BCUT2D eigenvalue weighted by molar-refractivity contribution is 7.89. The van der Waals surface area contributed by atoms with E-state index < -0.39 is 22.0 Å². The van der Waals surface area contributed by atoms with Gasteiger partial charge in [-0.1, -0.05) is 6.07 Å². The number of ether oxygens (including phenoxy) is 1. The van der Waals surface area contributed by atoms with Crippen LogP contribution >= 0.6 is 11.3 Å². The Bertz CT molecular complexity index is 769. The highest BCUT2D eigenvalue weighted by atomic mass is 32.2. The predicted molar refractivity (Wildman–Crippen MR) is 83.0 cm³/mol. The van der Waals surface area contributed by atoms with Gasteiger partial charge in [0.05, 0.1) is 18.7 Å². The van der Waals surface area contributed by atoms with Crippen LogP contribution in [-0.4, -0.2) is 26.6 Å². The number of rotatable bonds is 6. The first kappa shape index (κ1) is 16.5. The number of carboxylic acids is 1. The van der Waals surface area contributed by atoms with Crippen LogP contribution in [0.3, 0.4) is 0 Å². The molecular weight excluding hydrogens is 326 g/mol. The molecule has 118 valence electrons. The van der Waals surface area contributed by atoms with Gasteiger partial charge in [0.1, 0.15) is 10.6 Å². The fourth-order valence-electron chi connectivity index (χ4n) is 1.91. The smallest absolute Gasteiger partial charge is 0.335 e. The molecule has 0 fully saturated rings. The Kier molecular flexibility index (Phi) is 4.84. The van der Waals surface area contributed by atoms with Crippen LogP contribution in [0.2, 0.25) is 0 Å². The van der Waals surface area contributed by atoms with Gasteiger partial charge in [-0.05, 0) is 36.6 Å². The first-order chi connectivity index (χ1) is 10.3. The lowest BCUT2D eigenvalue weighted by molar-refractivity contribution is 0.0696. The molecule has 0 aliphatic heterocycles. The predicted octanol–water partition coefficient (Wildman–Crippen LogP) is 2.49. The van der Waals surface area contributed by atoms with E-state index in [-0.39, 0.29) is 16.2 Å². The second-order valence-corrected chi connectivity index (χ2v) is 7.19. The SMILES string of the molecule is COc1ccc(C(=O)O)cc1S(=O)(=O)N[C@H](C)c1cccs1. The van der Waals surface area contributed by atoms with Gasteiger partial charge < -0.3 is 9.84 Å². The number of sulfonamides is 1. The number of thiophene rings is 1. The van der Waals surface area contributed by atoms with Gasteiger partial charge in [0.15, 0.2) is 0 Å². The summed E-state index contributed by atoms with van der Waals surface area (Å²) < 4.78 is 32.6. The lowest BCUT2D eigenvalue weighted by Gasteiger charge is -2.15. The molecule has 0 unspecified atom stereocenters. The minimum atomic E-state index is -3.92. The van der Waals surface area contributed by atoms with Crippen molar-refractivity contribution in [2.75, 3.05) is 7.11 Å². The van der Waals surface area contributed by atoms with Crippen molar-refractivity contribution in [1.29, 1.82) is 0 Å². The zero-order chi connectivity index (χ0) is 16.3. The topological polar surface area (TPSA) is 92.7 Å². The fraction of sp³-hybridized carbons (Fsp3) is 0.214. The molecule has 0 saturated carbocycles. The standard InChI is InChI=1S/C14H15NO5S2/c1-9(12-4-3-7-21-12)15-22(18,19)13-8-10(14(16)17)5-6-11(13)20-2/h3-9,15H,1-2H3,(H,16,17)/t9-/m1/s1. The van der Waals surface area contributed by atoms with Gasteiger partial charge in [0.25, 0.3) is 0 Å². The number of hydrogen-bond acceptors (Lipinski definition) is 5. The van der Waals surface area contributed by atoms with E-state index in [0.717, 1.165) is 10.9 Å². The third-order valence-corrected chi connectivity index (χ3v) is 5.62. The van der Waals surface area contributed by atoms with E-state index in [2.05, 4.69) is 4.72 Å². The molecule has 1 aromatic heterocycles. The molecule has 0 bridgehead atoms. The Labute approximate surface area is 132 Å². The molecule has 6 nitrogen and oxygen atoms in total. The Morgan fingerprint density at radius 3 is 2.64 bits per heavy atom. The third-order valence-electron chi connectivity index (χ3n) is 3.00. The van der Waals surface area contributed by atoms with E-state index in [0.29, 0.717) is 0 Å². The zero-order valence-corrected chi connectivity index (χ0v) is 13.6. The highest BCUT2D eigenvalue weighted by Gasteiger charge is 2.24. The summed E-state index contributed by atoms with van der Waals surface area (Å²) in [6, 6.07) is 6.93. The average Bonchev–Trinajstić information content (AvgIpc) is 3.00. The first-order valence-electron chi connectivity index (χ1n) is 6.32. The van der Waals surface area contributed by atoms with E-state index in [1.807, 2.05) is 17.5 Å². The molecule has 8 heteroatoms. The molecule has 1 aromatic carbocycles. The number of nitrogens with one attached hydrogen (secondary N) is 1. The molecule has 2 aromatic rings. The van der Waals surface area contributed by atoms with Gasteiger partial charge in [0, 0.05) is 4.88 Å². The minimum Gasteiger partial charge on any atom is -0.495 e. The lowest BCUT2D eigenvalue weighted by atomic mass is 10.2. The number of carboxylic acid groups (broad SMARTS) is 1. The third kappa shape index (κ3) is 3.46. The molecule has 0 amide bonds. The number of carbonyl (C=O) groups is 1. The molecule has 0 spiro atoms. The molecule has 2 rings (SSSR count).